The maximum Gasteiger partial charge on any atom is 0.338 e. The molecule has 2 aromatic rings. The van der Waals surface area contributed by atoms with E-state index in [-0.39, 0.29) is 5.97 Å². The maximum absolute atomic E-state index is 11.4. The zero-order chi connectivity index (χ0) is 12.1. The lowest BCUT2D eigenvalue weighted by molar-refractivity contribution is 0.0526. The van der Waals surface area contributed by atoms with Crippen LogP contribution in [0.4, 0.5) is 0 Å². The van der Waals surface area contributed by atoms with Gasteiger partial charge in [-0.05, 0) is 30.7 Å². The summed E-state index contributed by atoms with van der Waals surface area (Å²) in [6, 6.07) is 9.08. The lowest BCUT2D eigenvalue weighted by atomic mass is 10.1. The van der Waals surface area contributed by atoms with Crippen molar-refractivity contribution in [2.45, 2.75) is 6.92 Å². The van der Waals surface area contributed by atoms with Gasteiger partial charge in [0.1, 0.15) is 0 Å². The molecule has 0 amide bonds. The fourth-order valence-electron chi connectivity index (χ4n) is 1.47. The molecule has 17 heavy (non-hydrogen) atoms. The Balaban J connectivity index is 2.22. The molecule has 0 saturated carbocycles. The minimum absolute atomic E-state index is 0.299. The van der Waals surface area contributed by atoms with E-state index in [9.17, 15) is 4.79 Å². The first-order chi connectivity index (χ1) is 8.31. The Labute approximate surface area is 99.3 Å². The average molecular weight is 228 g/mol. The van der Waals surface area contributed by atoms with Crippen LogP contribution in [0, 0.1) is 0 Å². The molecule has 0 bridgehead atoms. The first-order valence-electron chi connectivity index (χ1n) is 5.35. The molecule has 0 aliphatic heterocycles. The topological polar surface area (TPSA) is 52.1 Å². The molecule has 0 aliphatic carbocycles. The normalized spacial score (nSPS) is 9.94. The standard InChI is InChI=1S/C13H12N2O2/c1-2-17-13(16)11-5-3-10(4-6-11)12-7-8-14-15-9-12/h3-9H,2H2,1H3. The van der Waals surface area contributed by atoms with Gasteiger partial charge in [0, 0.05) is 5.56 Å². The average Bonchev–Trinajstić information content (AvgIpc) is 2.40. The third-order valence-corrected chi connectivity index (χ3v) is 2.31. The van der Waals surface area contributed by atoms with Gasteiger partial charge in [0.25, 0.3) is 0 Å². The summed E-state index contributed by atoms with van der Waals surface area (Å²) in [5, 5.41) is 7.52. The molecule has 0 spiro atoms. The Bertz CT molecular complexity index is 495. The van der Waals surface area contributed by atoms with E-state index in [0.717, 1.165) is 11.1 Å². The second-order valence-corrected chi connectivity index (χ2v) is 3.43. The van der Waals surface area contributed by atoms with Gasteiger partial charge >= 0.3 is 5.97 Å². The summed E-state index contributed by atoms with van der Waals surface area (Å²) in [5.74, 6) is -0.299. The number of rotatable bonds is 3. The number of carbonyl (C=O) groups is 1. The minimum atomic E-state index is -0.299. The van der Waals surface area contributed by atoms with Gasteiger partial charge in [-0.15, -0.1) is 0 Å². The molecule has 0 saturated heterocycles. The van der Waals surface area contributed by atoms with E-state index in [0.29, 0.717) is 12.2 Å². The second kappa shape index (κ2) is 5.21. The first kappa shape index (κ1) is 11.3. The SMILES string of the molecule is CCOC(=O)c1ccc(-c2ccnnc2)cc1. The molecular weight excluding hydrogens is 216 g/mol. The molecule has 4 heteroatoms. The number of nitrogens with zero attached hydrogens (tertiary/aromatic N) is 2. The first-order valence-corrected chi connectivity index (χ1v) is 5.35. The Morgan fingerprint density at radius 3 is 2.47 bits per heavy atom. The van der Waals surface area contributed by atoms with E-state index in [1.54, 1.807) is 31.5 Å². The summed E-state index contributed by atoms with van der Waals surface area (Å²) in [6.45, 7) is 2.17. The van der Waals surface area contributed by atoms with E-state index < -0.39 is 0 Å². The molecule has 1 aromatic heterocycles. The van der Waals surface area contributed by atoms with Gasteiger partial charge < -0.3 is 4.74 Å². The van der Waals surface area contributed by atoms with Crippen LogP contribution in [-0.4, -0.2) is 22.8 Å². The van der Waals surface area contributed by atoms with Crippen molar-refractivity contribution in [2.24, 2.45) is 0 Å². The fraction of sp³-hybridized carbons (Fsp3) is 0.154. The number of esters is 1. The van der Waals surface area contributed by atoms with Crippen LogP contribution in [0.2, 0.25) is 0 Å². The Morgan fingerprint density at radius 2 is 1.88 bits per heavy atom. The highest BCUT2D eigenvalue weighted by atomic mass is 16.5. The molecule has 86 valence electrons. The monoisotopic (exact) mass is 228 g/mol. The second-order valence-electron chi connectivity index (χ2n) is 3.43. The van der Waals surface area contributed by atoms with Gasteiger partial charge in [0.15, 0.2) is 0 Å². The van der Waals surface area contributed by atoms with E-state index in [4.69, 9.17) is 4.74 Å². The summed E-state index contributed by atoms with van der Waals surface area (Å²) < 4.78 is 4.91. The van der Waals surface area contributed by atoms with Crippen LogP contribution in [0.3, 0.4) is 0 Å². The third-order valence-electron chi connectivity index (χ3n) is 2.31. The van der Waals surface area contributed by atoms with Gasteiger partial charge in [0.05, 0.1) is 24.6 Å². The van der Waals surface area contributed by atoms with E-state index in [1.807, 2.05) is 18.2 Å². The van der Waals surface area contributed by atoms with Gasteiger partial charge in [-0.25, -0.2) is 4.79 Å². The van der Waals surface area contributed by atoms with E-state index in [2.05, 4.69) is 10.2 Å². The fourth-order valence-corrected chi connectivity index (χ4v) is 1.47. The summed E-state index contributed by atoms with van der Waals surface area (Å²) in [5.41, 5.74) is 2.51. The molecule has 1 aromatic carbocycles. The quantitative estimate of drug-likeness (QED) is 0.756. The number of carbonyl (C=O) groups excluding carboxylic acids is 1. The largest absolute Gasteiger partial charge is 0.462 e. The van der Waals surface area contributed by atoms with E-state index in [1.165, 1.54) is 0 Å². The molecule has 0 fully saturated rings. The molecule has 0 unspecified atom stereocenters. The molecule has 0 N–H and O–H groups in total. The van der Waals surface area contributed by atoms with Crippen molar-refractivity contribution in [1.82, 2.24) is 10.2 Å². The van der Waals surface area contributed by atoms with Gasteiger partial charge in [0.2, 0.25) is 0 Å². The molecule has 0 aliphatic rings. The molecule has 0 radical (unpaired) electrons. The highest BCUT2D eigenvalue weighted by molar-refractivity contribution is 5.90. The Hall–Kier alpha value is -2.23. The van der Waals surface area contributed by atoms with Crippen LogP contribution < -0.4 is 0 Å². The predicted octanol–water partition coefficient (Wildman–Crippen LogP) is 2.32. The van der Waals surface area contributed by atoms with Crippen LogP contribution in [-0.2, 0) is 4.74 Å². The lowest BCUT2D eigenvalue weighted by Gasteiger charge is -2.03. The highest BCUT2D eigenvalue weighted by Crippen LogP contribution is 2.18. The molecule has 0 atom stereocenters. The molecule has 1 heterocycles. The van der Waals surface area contributed by atoms with Crippen molar-refractivity contribution >= 4 is 5.97 Å². The van der Waals surface area contributed by atoms with Crippen molar-refractivity contribution in [3.8, 4) is 11.1 Å². The zero-order valence-corrected chi connectivity index (χ0v) is 9.46. The maximum atomic E-state index is 11.4. The number of aromatic nitrogens is 2. The Morgan fingerprint density at radius 1 is 1.12 bits per heavy atom. The van der Waals surface area contributed by atoms with Gasteiger partial charge in [-0.1, -0.05) is 12.1 Å². The van der Waals surface area contributed by atoms with Crippen LogP contribution in [0.5, 0.6) is 0 Å². The van der Waals surface area contributed by atoms with Crippen LogP contribution in [0.25, 0.3) is 11.1 Å². The van der Waals surface area contributed by atoms with Gasteiger partial charge in [-0.2, -0.15) is 10.2 Å². The summed E-state index contributed by atoms with van der Waals surface area (Å²) >= 11 is 0. The third kappa shape index (κ3) is 2.66. The van der Waals surface area contributed by atoms with E-state index >= 15 is 0 Å². The van der Waals surface area contributed by atoms with Crippen molar-refractivity contribution in [3.05, 3.63) is 48.3 Å². The Kier molecular flexibility index (Phi) is 3.45. The molecular formula is C13H12N2O2. The van der Waals surface area contributed by atoms with Crippen molar-refractivity contribution in [1.29, 1.82) is 0 Å². The number of ether oxygens (including phenoxy) is 1. The van der Waals surface area contributed by atoms with Crippen LogP contribution in [0.15, 0.2) is 42.7 Å². The summed E-state index contributed by atoms with van der Waals surface area (Å²) in [6.07, 6.45) is 3.31. The smallest absolute Gasteiger partial charge is 0.338 e. The van der Waals surface area contributed by atoms with Crippen molar-refractivity contribution < 1.29 is 9.53 Å². The van der Waals surface area contributed by atoms with Crippen LogP contribution >= 0.6 is 0 Å². The molecule has 4 nitrogen and oxygen atoms in total. The minimum Gasteiger partial charge on any atom is -0.462 e. The summed E-state index contributed by atoms with van der Waals surface area (Å²) in [4.78, 5) is 11.4. The van der Waals surface area contributed by atoms with Gasteiger partial charge in [-0.3, -0.25) is 0 Å². The van der Waals surface area contributed by atoms with Crippen molar-refractivity contribution in [3.63, 3.8) is 0 Å². The summed E-state index contributed by atoms with van der Waals surface area (Å²) in [7, 11) is 0. The highest BCUT2D eigenvalue weighted by Gasteiger charge is 2.06. The lowest BCUT2D eigenvalue weighted by Crippen LogP contribution is -2.03. The zero-order valence-electron chi connectivity index (χ0n) is 9.46. The number of benzene rings is 1. The van der Waals surface area contributed by atoms with Crippen molar-refractivity contribution in [2.75, 3.05) is 6.61 Å². The number of hydrogen-bond donors (Lipinski definition) is 0. The molecule has 2 rings (SSSR count). The predicted molar refractivity (Wildman–Crippen MR) is 63.4 cm³/mol. The van der Waals surface area contributed by atoms with Crippen LogP contribution in [0.1, 0.15) is 17.3 Å². The number of hydrogen-bond acceptors (Lipinski definition) is 4.